The van der Waals surface area contributed by atoms with Crippen LogP contribution < -0.4 is 0 Å². The lowest BCUT2D eigenvalue weighted by Gasteiger charge is -2.61. The van der Waals surface area contributed by atoms with Crippen molar-refractivity contribution in [2.45, 2.75) is 32.4 Å². The predicted octanol–water partition coefficient (Wildman–Crippen LogP) is 16.7. The first-order valence-corrected chi connectivity index (χ1v) is 23.6. The summed E-state index contributed by atoms with van der Waals surface area (Å²) >= 11 is 0. The third-order valence-electron chi connectivity index (χ3n) is 15.2. The summed E-state index contributed by atoms with van der Waals surface area (Å²) in [5.74, 6) is 0. The molecule has 13 rings (SSSR count). The standard InChI is InChI=1S/C64H50N/c1-5-18-44(19-6-1)50-32-51(45-20-7-2-8-21-45)35-54(34-50)58-38-48-26-13-15-28-56(48)62-60(58)40-65(42-64(43-65)30-17-31-64)41-61-59(39-49-27-14-16-29-57(49)63(61)62)55-36-52(46-22-9-3-10-23-46)33-53(37-55)47-24-11-4-12-25-47/h1-16,18-29,32-39H,17,30-31,40-43H2/q+1. The highest BCUT2D eigenvalue weighted by atomic mass is 15.4. The van der Waals surface area contributed by atoms with E-state index >= 15 is 0 Å². The third kappa shape index (κ3) is 6.56. The second kappa shape index (κ2) is 15.2. The lowest BCUT2D eigenvalue weighted by atomic mass is 9.62. The van der Waals surface area contributed by atoms with Crippen LogP contribution in [0.2, 0.25) is 0 Å². The van der Waals surface area contributed by atoms with Gasteiger partial charge in [-0.25, -0.2) is 0 Å². The summed E-state index contributed by atoms with van der Waals surface area (Å²) in [6.45, 7) is 4.50. The van der Waals surface area contributed by atoms with Crippen molar-refractivity contribution in [1.82, 2.24) is 0 Å². The second-order valence-corrected chi connectivity index (χ2v) is 19.4. The van der Waals surface area contributed by atoms with Crippen molar-refractivity contribution >= 4 is 21.5 Å². The normalized spacial score (nSPS) is 15.5. The summed E-state index contributed by atoms with van der Waals surface area (Å²) in [5.41, 5.74) is 21.6. The Kier molecular flexibility index (Phi) is 8.90. The maximum absolute atomic E-state index is 2.54. The van der Waals surface area contributed by atoms with E-state index in [0.717, 1.165) is 17.6 Å². The summed E-state index contributed by atoms with van der Waals surface area (Å²) in [5, 5.41) is 5.27. The van der Waals surface area contributed by atoms with Crippen molar-refractivity contribution in [3.05, 3.63) is 230 Å². The van der Waals surface area contributed by atoms with Gasteiger partial charge in [0.1, 0.15) is 13.1 Å². The van der Waals surface area contributed by atoms with Crippen LogP contribution >= 0.6 is 0 Å². The minimum atomic E-state index is 0.472. The average Bonchev–Trinajstić information content (AvgIpc) is 3.52. The minimum absolute atomic E-state index is 0.472. The molecule has 1 saturated carbocycles. The molecule has 2 heterocycles. The highest BCUT2D eigenvalue weighted by molar-refractivity contribution is 6.12. The molecular weight excluding hydrogens is 783 g/mol. The first-order valence-electron chi connectivity index (χ1n) is 23.6. The predicted molar refractivity (Wildman–Crippen MR) is 273 cm³/mol. The molecule has 1 aliphatic carbocycles. The number of fused-ring (bicyclic) bond motifs is 7. The maximum atomic E-state index is 2.54. The van der Waals surface area contributed by atoms with E-state index in [4.69, 9.17) is 0 Å². The van der Waals surface area contributed by atoms with Crippen LogP contribution in [0.15, 0.2) is 218 Å². The molecule has 0 amide bonds. The Hall–Kier alpha value is -7.32. The van der Waals surface area contributed by atoms with Crippen LogP contribution in [-0.4, -0.2) is 17.6 Å². The van der Waals surface area contributed by atoms with Crippen LogP contribution in [0.3, 0.4) is 0 Å². The highest BCUT2D eigenvalue weighted by Gasteiger charge is 2.59. The van der Waals surface area contributed by atoms with Gasteiger partial charge in [0.15, 0.2) is 0 Å². The van der Waals surface area contributed by atoms with Crippen molar-refractivity contribution in [2.75, 3.05) is 13.1 Å². The molecule has 65 heavy (non-hydrogen) atoms. The molecule has 0 N–H and O–H groups in total. The molecule has 2 aliphatic heterocycles. The molecule has 310 valence electrons. The van der Waals surface area contributed by atoms with Crippen LogP contribution in [0.4, 0.5) is 0 Å². The van der Waals surface area contributed by atoms with E-state index in [1.165, 1.54) is 143 Å². The first kappa shape index (κ1) is 38.2. The molecule has 3 aliphatic rings. The SMILES string of the molecule is c1ccc(-c2cc(-c3ccccc3)cc(-c3cc4ccccc4c4c3C[N+]3(Cc5c(-c6cc(-c7ccccc7)cc(-c7ccccc7)c6)cc6ccccc6c5-4)CC4(CCC4)C3)c2)cc1. The van der Waals surface area contributed by atoms with Gasteiger partial charge in [-0.15, -0.1) is 0 Å². The Morgan fingerprint density at radius 3 is 0.969 bits per heavy atom. The van der Waals surface area contributed by atoms with E-state index in [2.05, 4.69) is 218 Å². The van der Waals surface area contributed by atoms with Crippen LogP contribution in [0.1, 0.15) is 30.4 Å². The molecule has 0 unspecified atom stereocenters. The summed E-state index contributed by atoms with van der Waals surface area (Å²) in [4.78, 5) is 0. The molecule has 0 atom stereocenters. The Bertz CT molecular complexity index is 3090. The zero-order valence-electron chi connectivity index (χ0n) is 36.7. The Morgan fingerprint density at radius 1 is 0.308 bits per heavy atom. The van der Waals surface area contributed by atoms with Crippen molar-refractivity contribution < 1.29 is 4.48 Å². The fourth-order valence-corrected chi connectivity index (χ4v) is 12.3. The quantitative estimate of drug-likeness (QED) is 0.146. The minimum Gasteiger partial charge on any atom is -0.315 e. The largest absolute Gasteiger partial charge is 0.315 e. The molecule has 1 saturated heterocycles. The molecule has 0 radical (unpaired) electrons. The van der Waals surface area contributed by atoms with Crippen LogP contribution in [-0.2, 0) is 13.1 Å². The summed E-state index contributed by atoms with van der Waals surface area (Å²) < 4.78 is 1.09. The van der Waals surface area contributed by atoms with Crippen LogP contribution in [0, 0.1) is 5.41 Å². The summed E-state index contributed by atoms with van der Waals surface area (Å²) in [7, 11) is 0. The fraction of sp³-hybridized carbons (Fsp3) is 0.125. The van der Waals surface area contributed by atoms with Gasteiger partial charge in [0.2, 0.25) is 0 Å². The lowest BCUT2D eigenvalue weighted by molar-refractivity contribution is -1.01. The Balaban J connectivity index is 1.13. The van der Waals surface area contributed by atoms with Gasteiger partial charge in [-0.05, 0) is 150 Å². The number of quaternary nitrogens is 1. The van der Waals surface area contributed by atoms with E-state index < -0.39 is 0 Å². The zero-order chi connectivity index (χ0) is 43.0. The van der Waals surface area contributed by atoms with Crippen molar-refractivity contribution in [1.29, 1.82) is 0 Å². The number of nitrogens with zero attached hydrogens (tertiary/aromatic N) is 1. The molecule has 1 nitrogen and oxygen atoms in total. The molecule has 0 aromatic heterocycles. The van der Waals surface area contributed by atoms with Gasteiger partial charge in [0.05, 0.1) is 18.5 Å². The highest BCUT2D eigenvalue weighted by Crippen LogP contribution is 2.58. The number of rotatable bonds is 6. The van der Waals surface area contributed by atoms with Gasteiger partial charge < -0.3 is 4.48 Å². The fourth-order valence-electron chi connectivity index (χ4n) is 12.3. The van der Waals surface area contributed by atoms with Crippen molar-refractivity contribution in [3.63, 3.8) is 0 Å². The smallest absolute Gasteiger partial charge is 0.106 e. The van der Waals surface area contributed by atoms with Gasteiger partial charge in [0.25, 0.3) is 0 Å². The van der Waals surface area contributed by atoms with Crippen LogP contribution in [0.25, 0.3) is 99.4 Å². The van der Waals surface area contributed by atoms with Gasteiger partial charge in [-0.3, -0.25) is 0 Å². The molecule has 0 bridgehead atoms. The molecular formula is C64H50N+. The monoisotopic (exact) mass is 832 g/mol. The summed E-state index contributed by atoms with van der Waals surface area (Å²) in [6.07, 6.45) is 4.09. The zero-order valence-corrected chi connectivity index (χ0v) is 36.7. The number of hydrogen-bond donors (Lipinski definition) is 0. The van der Waals surface area contributed by atoms with Crippen molar-refractivity contribution in [3.8, 4) is 77.9 Å². The van der Waals surface area contributed by atoms with Crippen molar-refractivity contribution in [2.24, 2.45) is 5.41 Å². The Labute approximate surface area is 382 Å². The molecule has 1 heteroatoms. The van der Waals surface area contributed by atoms with Gasteiger partial charge >= 0.3 is 0 Å². The molecule has 10 aromatic carbocycles. The van der Waals surface area contributed by atoms with E-state index in [0.29, 0.717) is 5.41 Å². The topological polar surface area (TPSA) is 0 Å². The van der Waals surface area contributed by atoms with E-state index in [9.17, 15) is 0 Å². The third-order valence-corrected chi connectivity index (χ3v) is 15.2. The van der Waals surface area contributed by atoms with Gasteiger partial charge in [-0.2, -0.15) is 0 Å². The van der Waals surface area contributed by atoms with Gasteiger partial charge in [0, 0.05) is 22.3 Å². The van der Waals surface area contributed by atoms with Gasteiger partial charge in [-0.1, -0.05) is 176 Å². The molecule has 2 spiro atoms. The number of benzene rings is 10. The lowest BCUT2D eigenvalue weighted by Crippen LogP contribution is -2.70. The maximum Gasteiger partial charge on any atom is 0.106 e. The second-order valence-electron chi connectivity index (χ2n) is 19.4. The average molecular weight is 833 g/mol. The van der Waals surface area contributed by atoms with E-state index in [1.807, 2.05) is 0 Å². The van der Waals surface area contributed by atoms with Crippen LogP contribution in [0.5, 0.6) is 0 Å². The van der Waals surface area contributed by atoms with E-state index in [-0.39, 0.29) is 0 Å². The summed E-state index contributed by atoms with van der Waals surface area (Å²) in [6, 6.07) is 82.1. The molecule has 10 aromatic rings. The first-order chi connectivity index (χ1) is 32.1. The Morgan fingerprint density at radius 2 is 0.631 bits per heavy atom. The van der Waals surface area contributed by atoms with E-state index in [1.54, 1.807) is 0 Å². The number of hydrogen-bond acceptors (Lipinski definition) is 0. The molecule has 2 fully saturated rings.